The highest BCUT2D eigenvalue weighted by atomic mass is 19.1. The first-order valence-corrected chi connectivity index (χ1v) is 6.18. The van der Waals surface area contributed by atoms with Gasteiger partial charge >= 0.3 is 6.03 Å². The van der Waals surface area contributed by atoms with Gasteiger partial charge in [0.25, 0.3) is 0 Å². The molecule has 0 aliphatic heterocycles. The summed E-state index contributed by atoms with van der Waals surface area (Å²) in [7, 11) is 3.00. The molecule has 0 radical (unpaired) electrons. The van der Waals surface area contributed by atoms with Crippen molar-refractivity contribution < 1.29 is 18.7 Å². The summed E-state index contributed by atoms with van der Waals surface area (Å²) in [4.78, 5) is 12.0. The fourth-order valence-electron chi connectivity index (χ4n) is 1.78. The van der Waals surface area contributed by atoms with Crippen molar-refractivity contribution in [3.05, 3.63) is 48.3 Å². The Labute approximate surface area is 121 Å². The zero-order chi connectivity index (χ0) is 15.2. The van der Waals surface area contributed by atoms with Crippen molar-refractivity contribution in [1.29, 1.82) is 0 Å². The third kappa shape index (κ3) is 3.62. The fourth-order valence-corrected chi connectivity index (χ4v) is 1.78. The normalized spacial score (nSPS) is 9.86. The molecule has 0 bridgehead atoms. The number of ether oxygens (including phenoxy) is 2. The molecule has 21 heavy (non-hydrogen) atoms. The number of rotatable bonds is 4. The Hall–Kier alpha value is -2.76. The number of carbonyl (C=O) groups excluding carboxylic acids is 1. The summed E-state index contributed by atoms with van der Waals surface area (Å²) in [6.45, 7) is 0. The van der Waals surface area contributed by atoms with Crippen LogP contribution in [0.1, 0.15) is 0 Å². The van der Waals surface area contributed by atoms with Gasteiger partial charge in [-0.2, -0.15) is 0 Å². The van der Waals surface area contributed by atoms with E-state index in [4.69, 9.17) is 9.47 Å². The predicted molar refractivity (Wildman–Crippen MR) is 78.6 cm³/mol. The molecule has 6 heteroatoms. The van der Waals surface area contributed by atoms with Gasteiger partial charge in [0.1, 0.15) is 23.0 Å². The number of methoxy groups -OCH3 is 2. The van der Waals surface area contributed by atoms with Gasteiger partial charge in [0.2, 0.25) is 0 Å². The molecule has 0 fully saturated rings. The quantitative estimate of drug-likeness (QED) is 0.906. The highest BCUT2D eigenvalue weighted by molar-refractivity contribution is 6.01. The molecule has 2 aromatic carbocycles. The number of amides is 2. The maximum Gasteiger partial charge on any atom is 0.323 e. The molecule has 0 aromatic heterocycles. The average molecular weight is 290 g/mol. The minimum Gasteiger partial charge on any atom is -0.494 e. The predicted octanol–water partition coefficient (Wildman–Crippen LogP) is 3.49. The lowest BCUT2D eigenvalue weighted by Gasteiger charge is -2.14. The number of benzene rings is 2. The van der Waals surface area contributed by atoms with E-state index in [0.717, 1.165) is 0 Å². The van der Waals surface area contributed by atoms with Gasteiger partial charge in [-0.05, 0) is 36.4 Å². The minimum absolute atomic E-state index is 0.368. The van der Waals surface area contributed by atoms with Crippen LogP contribution in [0.5, 0.6) is 11.5 Å². The Kier molecular flexibility index (Phi) is 4.61. The SMILES string of the molecule is COc1cccc(OC)c1NC(=O)Nc1ccc(F)cc1. The van der Waals surface area contributed by atoms with Gasteiger partial charge in [-0.1, -0.05) is 6.07 Å². The second-order valence-corrected chi connectivity index (χ2v) is 4.12. The van der Waals surface area contributed by atoms with E-state index in [2.05, 4.69) is 10.6 Å². The smallest absolute Gasteiger partial charge is 0.323 e. The van der Waals surface area contributed by atoms with Gasteiger partial charge in [0, 0.05) is 5.69 Å². The molecule has 110 valence electrons. The number of halogens is 1. The van der Waals surface area contributed by atoms with Crippen molar-refractivity contribution in [2.24, 2.45) is 0 Å². The standard InChI is InChI=1S/C15H15FN2O3/c1-20-12-4-3-5-13(21-2)14(12)18-15(19)17-11-8-6-10(16)7-9-11/h3-9H,1-2H3,(H2,17,18,19). The van der Waals surface area contributed by atoms with E-state index in [1.807, 2.05) is 0 Å². The van der Waals surface area contributed by atoms with Gasteiger partial charge in [0.15, 0.2) is 0 Å². The van der Waals surface area contributed by atoms with Gasteiger partial charge in [0.05, 0.1) is 14.2 Å². The molecule has 0 aliphatic carbocycles. The molecule has 2 amide bonds. The summed E-state index contributed by atoms with van der Waals surface area (Å²) in [6, 6.07) is 10.1. The first-order chi connectivity index (χ1) is 10.1. The highest BCUT2D eigenvalue weighted by Gasteiger charge is 2.13. The van der Waals surface area contributed by atoms with E-state index in [9.17, 15) is 9.18 Å². The average Bonchev–Trinajstić information content (AvgIpc) is 2.49. The summed E-state index contributed by atoms with van der Waals surface area (Å²) in [5.74, 6) is 0.583. The minimum atomic E-state index is -0.482. The summed E-state index contributed by atoms with van der Waals surface area (Å²) in [5.41, 5.74) is 0.893. The summed E-state index contributed by atoms with van der Waals surface area (Å²) in [6.07, 6.45) is 0. The number of urea groups is 1. The topological polar surface area (TPSA) is 59.6 Å². The first kappa shape index (κ1) is 14.6. The van der Waals surface area contributed by atoms with E-state index >= 15 is 0 Å². The second kappa shape index (κ2) is 6.60. The van der Waals surface area contributed by atoms with Crippen LogP contribution in [0, 0.1) is 5.82 Å². The number of para-hydroxylation sites is 1. The molecule has 5 nitrogen and oxygen atoms in total. The van der Waals surface area contributed by atoms with Crippen LogP contribution in [0.2, 0.25) is 0 Å². The lowest BCUT2D eigenvalue weighted by molar-refractivity contribution is 0.262. The van der Waals surface area contributed by atoms with E-state index in [-0.39, 0.29) is 5.82 Å². The van der Waals surface area contributed by atoms with Crippen LogP contribution in [0.3, 0.4) is 0 Å². The molecular formula is C15H15FN2O3. The monoisotopic (exact) mass is 290 g/mol. The van der Waals surface area contributed by atoms with Crippen molar-refractivity contribution in [3.8, 4) is 11.5 Å². The van der Waals surface area contributed by atoms with Crippen LogP contribution in [0.4, 0.5) is 20.6 Å². The van der Waals surface area contributed by atoms with E-state index < -0.39 is 6.03 Å². The van der Waals surface area contributed by atoms with Crippen molar-refractivity contribution in [3.63, 3.8) is 0 Å². The molecule has 0 aliphatic rings. The van der Waals surface area contributed by atoms with Crippen molar-refractivity contribution in [2.45, 2.75) is 0 Å². The van der Waals surface area contributed by atoms with Gasteiger partial charge in [-0.25, -0.2) is 9.18 Å². The lowest BCUT2D eigenvalue weighted by Crippen LogP contribution is -2.20. The Morgan fingerprint density at radius 3 is 2.05 bits per heavy atom. The van der Waals surface area contributed by atoms with E-state index in [0.29, 0.717) is 22.9 Å². The first-order valence-electron chi connectivity index (χ1n) is 6.18. The Morgan fingerprint density at radius 2 is 1.52 bits per heavy atom. The number of anilines is 2. The number of hydrogen-bond acceptors (Lipinski definition) is 3. The Balaban J connectivity index is 2.14. The molecule has 2 rings (SSSR count). The lowest BCUT2D eigenvalue weighted by atomic mass is 10.2. The Bertz CT molecular complexity index is 607. The molecule has 2 aromatic rings. The maximum absolute atomic E-state index is 12.8. The molecule has 2 N–H and O–H groups in total. The molecule has 0 unspecified atom stereocenters. The number of carbonyl (C=O) groups is 1. The van der Waals surface area contributed by atoms with Crippen LogP contribution in [-0.4, -0.2) is 20.3 Å². The maximum atomic E-state index is 12.8. The number of nitrogens with one attached hydrogen (secondary N) is 2. The largest absolute Gasteiger partial charge is 0.494 e. The van der Waals surface area contributed by atoms with Crippen LogP contribution < -0.4 is 20.1 Å². The van der Waals surface area contributed by atoms with Gasteiger partial charge in [-0.3, -0.25) is 0 Å². The van der Waals surface area contributed by atoms with Crippen LogP contribution in [-0.2, 0) is 0 Å². The molecule has 0 saturated carbocycles. The number of hydrogen-bond donors (Lipinski definition) is 2. The van der Waals surface area contributed by atoms with E-state index in [1.54, 1.807) is 18.2 Å². The molecule has 0 saturated heterocycles. The second-order valence-electron chi connectivity index (χ2n) is 4.12. The zero-order valence-electron chi connectivity index (χ0n) is 11.6. The zero-order valence-corrected chi connectivity index (χ0v) is 11.6. The third-order valence-electron chi connectivity index (χ3n) is 2.77. The van der Waals surface area contributed by atoms with Gasteiger partial charge < -0.3 is 20.1 Å². The highest BCUT2D eigenvalue weighted by Crippen LogP contribution is 2.34. The van der Waals surface area contributed by atoms with Crippen molar-refractivity contribution >= 4 is 17.4 Å². The molecular weight excluding hydrogens is 275 g/mol. The molecule has 0 atom stereocenters. The summed E-state index contributed by atoms with van der Waals surface area (Å²) < 4.78 is 23.2. The van der Waals surface area contributed by atoms with E-state index in [1.165, 1.54) is 38.5 Å². The van der Waals surface area contributed by atoms with Gasteiger partial charge in [-0.15, -0.1) is 0 Å². The Morgan fingerprint density at radius 1 is 0.952 bits per heavy atom. The van der Waals surface area contributed by atoms with Crippen molar-refractivity contribution in [1.82, 2.24) is 0 Å². The summed E-state index contributed by atoms with van der Waals surface area (Å²) in [5, 5.41) is 5.24. The molecule has 0 heterocycles. The third-order valence-corrected chi connectivity index (χ3v) is 2.77. The molecule has 0 spiro atoms. The summed E-state index contributed by atoms with van der Waals surface area (Å²) >= 11 is 0. The van der Waals surface area contributed by atoms with Crippen LogP contribution in [0.15, 0.2) is 42.5 Å². The van der Waals surface area contributed by atoms with Crippen molar-refractivity contribution in [2.75, 3.05) is 24.9 Å². The van der Waals surface area contributed by atoms with Crippen LogP contribution >= 0.6 is 0 Å². The van der Waals surface area contributed by atoms with Crippen LogP contribution in [0.25, 0.3) is 0 Å². The fraction of sp³-hybridized carbons (Fsp3) is 0.133.